The van der Waals surface area contributed by atoms with Gasteiger partial charge in [-0.2, -0.15) is 0 Å². The lowest BCUT2D eigenvalue weighted by atomic mass is 9.95. The van der Waals surface area contributed by atoms with Crippen molar-refractivity contribution in [3.8, 4) is 0 Å². The zero-order valence-electron chi connectivity index (χ0n) is 12.8. The molecule has 1 saturated carbocycles. The fraction of sp³-hybridized carbons (Fsp3) is 0.500. The van der Waals surface area contributed by atoms with Crippen LogP contribution in [0.4, 0.5) is 5.95 Å². The average Bonchev–Trinajstić information content (AvgIpc) is 3.10. The second kappa shape index (κ2) is 7.11. The highest BCUT2D eigenvalue weighted by atomic mass is 35.5. The topological polar surface area (TPSA) is 72.9 Å². The van der Waals surface area contributed by atoms with Crippen molar-refractivity contribution in [2.45, 2.75) is 32.7 Å². The van der Waals surface area contributed by atoms with Crippen LogP contribution in [0.25, 0.3) is 11.0 Å². The third-order valence-electron chi connectivity index (χ3n) is 4.50. The van der Waals surface area contributed by atoms with E-state index in [9.17, 15) is 4.79 Å². The molecule has 2 atom stereocenters. The highest BCUT2D eigenvalue weighted by Gasteiger charge is 2.32. The number of carbonyl (C=O) groups is 1. The number of hydrogen-bond acceptors (Lipinski definition) is 3. The third-order valence-corrected chi connectivity index (χ3v) is 4.50. The average molecular weight is 323 g/mol. The SMILES string of the molecule is CCn1c(NC(=O)[C@@H]2CCC[C@@H]2CN)nc2ccccc21.Cl. The molecule has 120 valence electrons. The van der Waals surface area contributed by atoms with Gasteiger partial charge < -0.3 is 10.3 Å². The fourth-order valence-corrected chi connectivity index (χ4v) is 3.36. The van der Waals surface area contributed by atoms with Crippen molar-refractivity contribution in [3.05, 3.63) is 24.3 Å². The summed E-state index contributed by atoms with van der Waals surface area (Å²) < 4.78 is 2.04. The van der Waals surface area contributed by atoms with E-state index >= 15 is 0 Å². The van der Waals surface area contributed by atoms with Gasteiger partial charge in [-0.1, -0.05) is 18.6 Å². The number of benzene rings is 1. The van der Waals surface area contributed by atoms with Crippen LogP contribution < -0.4 is 11.1 Å². The number of para-hydroxylation sites is 2. The number of nitrogens with two attached hydrogens (primary N) is 1. The van der Waals surface area contributed by atoms with Crippen molar-refractivity contribution in [2.24, 2.45) is 17.6 Å². The molecule has 3 N–H and O–H groups in total. The first kappa shape index (κ1) is 16.8. The zero-order chi connectivity index (χ0) is 14.8. The summed E-state index contributed by atoms with van der Waals surface area (Å²) >= 11 is 0. The van der Waals surface area contributed by atoms with Crippen LogP contribution in [0.3, 0.4) is 0 Å². The van der Waals surface area contributed by atoms with Crippen LogP contribution in [0.2, 0.25) is 0 Å². The van der Waals surface area contributed by atoms with Crippen molar-refractivity contribution in [1.29, 1.82) is 0 Å². The monoisotopic (exact) mass is 322 g/mol. The number of nitrogens with one attached hydrogen (secondary N) is 1. The summed E-state index contributed by atoms with van der Waals surface area (Å²) in [6, 6.07) is 7.95. The highest BCUT2D eigenvalue weighted by Crippen LogP contribution is 2.32. The van der Waals surface area contributed by atoms with Crippen LogP contribution in [-0.2, 0) is 11.3 Å². The molecule has 3 rings (SSSR count). The lowest BCUT2D eigenvalue weighted by Crippen LogP contribution is -2.30. The van der Waals surface area contributed by atoms with E-state index in [1.165, 1.54) is 0 Å². The summed E-state index contributed by atoms with van der Waals surface area (Å²) in [6.07, 6.45) is 3.07. The van der Waals surface area contributed by atoms with E-state index in [1.807, 2.05) is 28.8 Å². The number of aryl methyl sites for hydroxylation is 1. The smallest absolute Gasteiger partial charge is 0.230 e. The minimum Gasteiger partial charge on any atom is -0.330 e. The van der Waals surface area contributed by atoms with E-state index < -0.39 is 0 Å². The predicted molar refractivity (Wildman–Crippen MR) is 91.2 cm³/mol. The molecule has 1 aliphatic carbocycles. The normalized spacial score (nSPS) is 20.8. The maximum atomic E-state index is 12.5. The summed E-state index contributed by atoms with van der Waals surface area (Å²) in [5.41, 5.74) is 7.74. The number of amides is 1. The molecule has 0 radical (unpaired) electrons. The van der Waals surface area contributed by atoms with E-state index in [-0.39, 0.29) is 24.2 Å². The Labute approximate surface area is 136 Å². The molecule has 1 fully saturated rings. The number of hydrogen-bond donors (Lipinski definition) is 2. The van der Waals surface area contributed by atoms with Crippen LogP contribution in [0.15, 0.2) is 24.3 Å². The molecule has 1 aromatic heterocycles. The van der Waals surface area contributed by atoms with Gasteiger partial charge in [0.05, 0.1) is 11.0 Å². The molecule has 6 heteroatoms. The summed E-state index contributed by atoms with van der Waals surface area (Å²) in [5, 5.41) is 3.01. The van der Waals surface area contributed by atoms with Gasteiger partial charge in [0.25, 0.3) is 0 Å². The van der Waals surface area contributed by atoms with E-state index in [1.54, 1.807) is 0 Å². The van der Waals surface area contributed by atoms with Crippen molar-refractivity contribution >= 4 is 35.3 Å². The third kappa shape index (κ3) is 2.96. The fourth-order valence-electron chi connectivity index (χ4n) is 3.36. The van der Waals surface area contributed by atoms with Gasteiger partial charge in [0, 0.05) is 12.5 Å². The largest absolute Gasteiger partial charge is 0.330 e. The van der Waals surface area contributed by atoms with E-state index in [0.717, 1.165) is 36.8 Å². The van der Waals surface area contributed by atoms with Crippen LogP contribution in [0, 0.1) is 11.8 Å². The Morgan fingerprint density at radius 3 is 2.91 bits per heavy atom. The van der Waals surface area contributed by atoms with Crippen molar-refractivity contribution in [3.63, 3.8) is 0 Å². The van der Waals surface area contributed by atoms with Crippen molar-refractivity contribution in [1.82, 2.24) is 9.55 Å². The number of fused-ring (bicyclic) bond motifs is 1. The number of halogens is 1. The van der Waals surface area contributed by atoms with Crippen molar-refractivity contribution in [2.75, 3.05) is 11.9 Å². The predicted octanol–water partition coefficient (Wildman–Crippen LogP) is 2.79. The van der Waals surface area contributed by atoms with Gasteiger partial charge in [0.15, 0.2) is 0 Å². The molecule has 0 spiro atoms. The van der Waals surface area contributed by atoms with Gasteiger partial charge in [0.1, 0.15) is 0 Å². The molecule has 2 aromatic rings. The number of carbonyl (C=O) groups excluding carboxylic acids is 1. The standard InChI is InChI=1S/C16H22N4O.ClH/c1-2-20-14-9-4-3-8-13(14)18-16(20)19-15(21)12-7-5-6-11(12)10-17;/h3-4,8-9,11-12H,2,5-7,10,17H2,1H3,(H,18,19,21);1H/t11-,12-;/m1./s1. The Balaban J connectivity index is 0.00000176. The molecule has 1 aromatic carbocycles. The van der Waals surface area contributed by atoms with Gasteiger partial charge in [-0.05, 0) is 44.4 Å². The number of imidazole rings is 1. The minimum atomic E-state index is 0. The summed E-state index contributed by atoms with van der Waals surface area (Å²) in [5.74, 6) is 1.05. The Morgan fingerprint density at radius 1 is 1.41 bits per heavy atom. The van der Waals surface area contributed by atoms with Gasteiger partial charge in [-0.3, -0.25) is 10.1 Å². The number of aromatic nitrogens is 2. The minimum absolute atomic E-state index is 0. The summed E-state index contributed by atoms with van der Waals surface area (Å²) in [6.45, 7) is 3.42. The number of anilines is 1. The summed E-state index contributed by atoms with van der Waals surface area (Å²) in [4.78, 5) is 17.1. The zero-order valence-corrected chi connectivity index (χ0v) is 13.6. The van der Waals surface area contributed by atoms with E-state index in [2.05, 4.69) is 17.2 Å². The molecular formula is C16H23ClN4O. The van der Waals surface area contributed by atoms with Gasteiger partial charge in [-0.25, -0.2) is 4.98 Å². The lowest BCUT2D eigenvalue weighted by molar-refractivity contribution is -0.120. The Hall–Kier alpha value is -1.59. The quantitative estimate of drug-likeness (QED) is 0.909. The maximum Gasteiger partial charge on any atom is 0.230 e. The van der Waals surface area contributed by atoms with E-state index in [4.69, 9.17) is 5.73 Å². The van der Waals surface area contributed by atoms with Gasteiger partial charge in [-0.15, -0.1) is 12.4 Å². The molecule has 1 amide bonds. The molecule has 5 nitrogen and oxygen atoms in total. The molecule has 0 aliphatic heterocycles. The van der Waals surface area contributed by atoms with Crippen LogP contribution in [0.5, 0.6) is 0 Å². The van der Waals surface area contributed by atoms with Gasteiger partial charge in [0.2, 0.25) is 11.9 Å². The van der Waals surface area contributed by atoms with Crippen LogP contribution >= 0.6 is 12.4 Å². The number of nitrogens with zero attached hydrogens (tertiary/aromatic N) is 2. The van der Waals surface area contributed by atoms with E-state index in [0.29, 0.717) is 18.4 Å². The first-order valence-corrected chi connectivity index (χ1v) is 7.70. The van der Waals surface area contributed by atoms with Gasteiger partial charge >= 0.3 is 0 Å². The second-order valence-electron chi connectivity index (χ2n) is 5.69. The number of rotatable bonds is 4. The highest BCUT2D eigenvalue weighted by molar-refractivity contribution is 5.93. The first-order chi connectivity index (χ1) is 10.2. The Kier molecular flexibility index (Phi) is 5.42. The maximum absolute atomic E-state index is 12.5. The first-order valence-electron chi connectivity index (χ1n) is 7.70. The van der Waals surface area contributed by atoms with Crippen LogP contribution in [-0.4, -0.2) is 22.0 Å². The van der Waals surface area contributed by atoms with Crippen molar-refractivity contribution < 1.29 is 4.79 Å². The second-order valence-corrected chi connectivity index (χ2v) is 5.69. The summed E-state index contributed by atoms with van der Waals surface area (Å²) in [7, 11) is 0. The molecule has 1 aliphatic rings. The molecule has 22 heavy (non-hydrogen) atoms. The molecule has 0 unspecified atom stereocenters. The van der Waals surface area contributed by atoms with Crippen LogP contribution in [0.1, 0.15) is 26.2 Å². The molecule has 0 saturated heterocycles. The molecule has 0 bridgehead atoms. The molecule has 1 heterocycles. The lowest BCUT2D eigenvalue weighted by Gasteiger charge is -2.17. The molecular weight excluding hydrogens is 300 g/mol. The Morgan fingerprint density at radius 2 is 2.18 bits per heavy atom. The Bertz CT molecular complexity index is 655.